The van der Waals surface area contributed by atoms with Crippen LogP contribution in [0.2, 0.25) is 0 Å². The van der Waals surface area contributed by atoms with Gasteiger partial charge in [-0.25, -0.2) is 4.79 Å². The number of hydrogen-bond acceptors (Lipinski definition) is 9. The molecule has 0 fully saturated rings. The summed E-state index contributed by atoms with van der Waals surface area (Å²) in [4.78, 5) is 30.2. The van der Waals surface area contributed by atoms with Crippen LogP contribution in [0.1, 0.15) is 12.8 Å². The second-order valence-electron chi connectivity index (χ2n) is 2.78. The molecule has 0 aliphatic carbocycles. The van der Waals surface area contributed by atoms with Gasteiger partial charge in [-0.05, 0) is 0 Å². The van der Waals surface area contributed by atoms with Gasteiger partial charge in [-0.3, -0.25) is 0 Å². The van der Waals surface area contributed by atoms with Crippen LogP contribution in [-0.4, -0.2) is 79.2 Å². The smallest absolute Gasteiger partial charge is 0.550 e. The molecule has 0 saturated carbocycles. The number of carboxylic acids is 3. The van der Waals surface area contributed by atoms with Gasteiger partial charge < -0.3 is 45.1 Å². The molecule has 12 heteroatoms. The third kappa shape index (κ3) is 13.1. The van der Waals surface area contributed by atoms with Crippen molar-refractivity contribution in [3.8, 4) is 0 Å². The van der Waals surface area contributed by atoms with Crippen LogP contribution in [0.25, 0.3) is 0 Å². The molecule has 0 bridgehead atoms. The molecule has 98 valence electrons. The van der Waals surface area contributed by atoms with Crippen LogP contribution in [0.15, 0.2) is 0 Å². The van der Waals surface area contributed by atoms with E-state index in [-0.39, 0.29) is 23.1 Å². The Morgan fingerprint density at radius 2 is 1.22 bits per heavy atom. The van der Waals surface area contributed by atoms with Crippen molar-refractivity contribution in [2.24, 2.45) is 0 Å². The standard InChI is InChI=1S/C6H8O7.BH3O3.Mg/c7-3(8)1-6(13,5(11)12)2-4(9)10;2-1(3)4;/h13H,1-2H2,(H,7,8)(H,9,10)(H,11,12);2-4H;/q;;+2/p-2. The first-order valence-corrected chi connectivity index (χ1v) is 3.91. The van der Waals surface area contributed by atoms with Gasteiger partial charge in [-0.2, -0.15) is 0 Å². The van der Waals surface area contributed by atoms with Crippen LogP contribution in [-0.2, 0) is 14.4 Å². The van der Waals surface area contributed by atoms with E-state index in [9.17, 15) is 24.6 Å². The van der Waals surface area contributed by atoms with Crippen molar-refractivity contribution in [3.63, 3.8) is 0 Å². The second kappa shape index (κ2) is 10.0. The fourth-order valence-electron chi connectivity index (χ4n) is 0.691. The molecule has 0 unspecified atom stereocenters. The van der Waals surface area contributed by atoms with Gasteiger partial charge in [0.2, 0.25) is 0 Å². The van der Waals surface area contributed by atoms with E-state index in [1.165, 1.54) is 0 Å². The fraction of sp³-hybridized carbons (Fsp3) is 0.500. The molecule has 0 heterocycles. The summed E-state index contributed by atoms with van der Waals surface area (Å²) in [6.07, 6.45) is -2.59. The number of aliphatic hydroxyl groups is 1. The molecule has 0 aromatic heterocycles. The summed E-state index contributed by atoms with van der Waals surface area (Å²) in [5.41, 5.74) is -2.86. The molecule has 0 aliphatic rings. The Morgan fingerprint density at radius 3 is 1.33 bits per heavy atom. The summed E-state index contributed by atoms with van der Waals surface area (Å²) in [6.45, 7) is 0. The second-order valence-corrected chi connectivity index (χ2v) is 2.78. The minimum absolute atomic E-state index is 0. The quantitative estimate of drug-likeness (QED) is 0.301. The Hall–Kier alpha value is -0.919. The van der Waals surface area contributed by atoms with Gasteiger partial charge in [-0.15, -0.1) is 0 Å². The molecule has 18 heavy (non-hydrogen) atoms. The molecule has 0 amide bonds. The van der Waals surface area contributed by atoms with E-state index in [4.69, 9.17) is 25.3 Å². The molecule has 0 radical (unpaired) electrons. The van der Waals surface area contributed by atoms with Gasteiger partial charge in [0, 0.05) is 24.8 Å². The molecule has 0 spiro atoms. The van der Waals surface area contributed by atoms with Crippen molar-refractivity contribution < 1.29 is 49.9 Å². The van der Waals surface area contributed by atoms with Crippen molar-refractivity contribution in [3.05, 3.63) is 0 Å². The number of rotatable bonds is 5. The minimum Gasteiger partial charge on any atom is -0.550 e. The topological polar surface area (TPSA) is 198 Å². The number of hydrogen-bond donors (Lipinski definition) is 5. The van der Waals surface area contributed by atoms with Crippen LogP contribution in [0.5, 0.6) is 0 Å². The van der Waals surface area contributed by atoms with Crippen molar-refractivity contribution >= 4 is 48.3 Å². The average molecular weight is 276 g/mol. The van der Waals surface area contributed by atoms with E-state index in [1.807, 2.05) is 0 Å². The Bertz CT molecular complexity index is 273. The molecular formula is C6H9BMgO10. The Kier molecular flexibility index (Phi) is 12.4. The fourth-order valence-corrected chi connectivity index (χ4v) is 0.691. The number of carboxylic acid groups (broad SMARTS) is 3. The first kappa shape index (κ1) is 22.3. The molecule has 10 nitrogen and oxygen atoms in total. The maximum absolute atomic E-state index is 10.3. The molecule has 0 aliphatic heterocycles. The van der Waals surface area contributed by atoms with Crippen LogP contribution in [0, 0.1) is 0 Å². The van der Waals surface area contributed by atoms with Crippen molar-refractivity contribution in [2.75, 3.05) is 0 Å². The first-order valence-electron chi connectivity index (χ1n) is 3.91. The SMILES string of the molecule is O=C([O-])CC(O)(CC(=O)[O-])C(=O)O.OB(O)O.[Mg+2]. The van der Waals surface area contributed by atoms with E-state index in [0.717, 1.165) is 0 Å². The Labute approximate surface area is 117 Å². The zero-order valence-corrected chi connectivity index (χ0v) is 10.4. The molecule has 0 atom stereocenters. The molecular weight excluding hydrogens is 267 g/mol. The van der Waals surface area contributed by atoms with Gasteiger partial charge in [0.05, 0.1) is 0 Å². The zero-order valence-electron chi connectivity index (χ0n) is 8.98. The first-order chi connectivity index (χ1) is 7.51. The van der Waals surface area contributed by atoms with Gasteiger partial charge >= 0.3 is 36.3 Å². The van der Waals surface area contributed by atoms with Gasteiger partial charge in [0.1, 0.15) is 0 Å². The van der Waals surface area contributed by atoms with Crippen molar-refractivity contribution in [1.29, 1.82) is 0 Å². The van der Waals surface area contributed by atoms with Gasteiger partial charge in [-0.1, -0.05) is 0 Å². The average Bonchev–Trinajstić information content (AvgIpc) is 1.98. The molecule has 0 saturated heterocycles. The monoisotopic (exact) mass is 276 g/mol. The molecule has 0 rings (SSSR count). The summed E-state index contributed by atoms with van der Waals surface area (Å²) in [5.74, 6) is -5.65. The minimum atomic E-state index is -2.86. The summed E-state index contributed by atoms with van der Waals surface area (Å²) < 4.78 is 0. The number of carbonyl (C=O) groups excluding carboxylic acids is 2. The summed E-state index contributed by atoms with van der Waals surface area (Å²) >= 11 is 0. The van der Waals surface area contributed by atoms with Gasteiger partial charge in [0.15, 0.2) is 5.60 Å². The van der Waals surface area contributed by atoms with E-state index < -0.39 is 43.7 Å². The normalized spacial score (nSPS) is 9.33. The molecule has 5 N–H and O–H groups in total. The van der Waals surface area contributed by atoms with E-state index in [2.05, 4.69) is 0 Å². The van der Waals surface area contributed by atoms with Crippen LogP contribution in [0.3, 0.4) is 0 Å². The van der Waals surface area contributed by atoms with E-state index in [1.54, 1.807) is 0 Å². The van der Waals surface area contributed by atoms with E-state index >= 15 is 0 Å². The van der Waals surface area contributed by atoms with Crippen LogP contribution >= 0.6 is 0 Å². The Morgan fingerprint density at radius 1 is 1.00 bits per heavy atom. The van der Waals surface area contributed by atoms with Gasteiger partial charge in [0.25, 0.3) is 0 Å². The summed E-state index contributed by atoms with van der Waals surface area (Å²) in [7, 11) is -2.17. The maximum Gasteiger partial charge on any atom is 2.00 e. The van der Waals surface area contributed by atoms with Crippen LogP contribution in [0.4, 0.5) is 0 Å². The largest absolute Gasteiger partial charge is 2.00 e. The summed E-state index contributed by atoms with van der Waals surface area (Å²) in [5, 5.41) is 58.7. The van der Waals surface area contributed by atoms with Crippen molar-refractivity contribution in [2.45, 2.75) is 18.4 Å². The number of carbonyl (C=O) groups is 3. The molecule has 0 aromatic carbocycles. The third-order valence-corrected chi connectivity index (χ3v) is 1.27. The number of aliphatic carboxylic acids is 3. The zero-order chi connectivity index (χ0) is 14.2. The summed E-state index contributed by atoms with van der Waals surface area (Å²) in [6, 6.07) is 0. The predicted molar refractivity (Wildman–Crippen MR) is 50.0 cm³/mol. The van der Waals surface area contributed by atoms with Crippen molar-refractivity contribution in [1.82, 2.24) is 0 Å². The van der Waals surface area contributed by atoms with E-state index in [0.29, 0.717) is 0 Å². The Balaban J connectivity index is -0.000000392. The van der Waals surface area contributed by atoms with Crippen LogP contribution < -0.4 is 10.2 Å². The maximum atomic E-state index is 10.3. The molecule has 0 aromatic rings. The third-order valence-electron chi connectivity index (χ3n) is 1.27. The predicted octanol–water partition coefficient (Wildman–Crippen LogP) is -6.35.